The van der Waals surface area contributed by atoms with Gasteiger partial charge in [0.15, 0.2) is 0 Å². The van der Waals surface area contributed by atoms with Crippen LogP contribution in [0.5, 0.6) is 0 Å². The molecule has 1 aliphatic rings. The smallest absolute Gasteiger partial charge is 0.00740 e. The van der Waals surface area contributed by atoms with E-state index in [-0.39, 0.29) is 0 Å². The van der Waals surface area contributed by atoms with Gasteiger partial charge in [-0.2, -0.15) is 0 Å². The van der Waals surface area contributed by atoms with Crippen LogP contribution in [0.15, 0.2) is 0 Å². The highest BCUT2D eigenvalue weighted by Gasteiger charge is 2.22. The molecule has 0 heterocycles. The average Bonchev–Trinajstić information content (AvgIpc) is 1.83. The second-order valence-electron chi connectivity index (χ2n) is 3.74. The zero-order valence-electron chi connectivity index (χ0n) is 6.85. The summed E-state index contributed by atoms with van der Waals surface area (Å²) in [6.07, 6.45) is 4.48. The minimum absolute atomic E-state index is 1.04. The lowest BCUT2D eigenvalue weighted by molar-refractivity contribution is 0.302. The van der Waals surface area contributed by atoms with Gasteiger partial charge >= 0.3 is 0 Å². The summed E-state index contributed by atoms with van der Waals surface area (Å²) in [6, 6.07) is 0. The summed E-state index contributed by atoms with van der Waals surface area (Å²) < 4.78 is 0. The maximum atomic E-state index is 2.42. The third-order valence-corrected chi connectivity index (χ3v) is 5.39. The van der Waals surface area contributed by atoms with Crippen molar-refractivity contribution in [2.45, 2.75) is 38.7 Å². The van der Waals surface area contributed by atoms with Crippen LogP contribution in [0, 0.1) is 11.8 Å². The van der Waals surface area contributed by atoms with Crippen LogP contribution in [-0.4, -0.2) is 10.2 Å². The van der Waals surface area contributed by atoms with Crippen LogP contribution < -0.4 is 0 Å². The van der Waals surface area contributed by atoms with Gasteiger partial charge < -0.3 is 0 Å². The number of hydrogen-bond acceptors (Lipinski definition) is 0. The molecule has 0 radical (unpaired) electrons. The molecule has 0 N–H and O–H groups in total. The van der Waals surface area contributed by atoms with E-state index < -0.39 is 0 Å². The SMILES string of the molecule is C[C@H]1CCC[C@H](C)C1[SiH3]. The third kappa shape index (κ3) is 1.57. The first-order valence-electron chi connectivity index (χ1n) is 4.22. The van der Waals surface area contributed by atoms with Gasteiger partial charge in [-0.15, -0.1) is 0 Å². The van der Waals surface area contributed by atoms with Crippen molar-refractivity contribution in [3.05, 3.63) is 0 Å². The molecule has 9 heavy (non-hydrogen) atoms. The van der Waals surface area contributed by atoms with Crippen molar-refractivity contribution < 1.29 is 0 Å². The van der Waals surface area contributed by atoms with Gasteiger partial charge in [0.1, 0.15) is 0 Å². The molecule has 0 aromatic carbocycles. The topological polar surface area (TPSA) is 0 Å². The molecule has 0 aromatic heterocycles. The maximum absolute atomic E-state index is 2.42. The van der Waals surface area contributed by atoms with Gasteiger partial charge in [-0.05, 0) is 17.4 Å². The van der Waals surface area contributed by atoms with E-state index >= 15 is 0 Å². The van der Waals surface area contributed by atoms with Crippen molar-refractivity contribution in [1.82, 2.24) is 0 Å². The first-order valence-corrected chi connectivity index (χ1v) is 5.37. The van der Waals surface area contributed by atoms with Gasteiger partial charge in [0.2, 0.25) is 0 Å². The van der Waals surface area contributed by atoms with Gasteiger partial charge in [0.05, 0.1) is 0 Å². The highest BCUT2D eigenvalue weighted by molar-refractivity contribution is 6.12. The summed E-state index contributed by atoms with van der Waals surface area (Å²) in [5, 5.41) is 0. The normalized spacial score (nSPS) is 39.3. The van der Waals surface area contributed by atoms with Crippen molar-refractivity contribution in [1.29, 1.82) is 0 Å². The van der Waals surface area contributed by atoms with Crippen LogP contribution >= 0.6 is 0 Å². The van der Waals surface area contributed by atoms with Crippen LogP contribution in [-0.2, 0) is 0 Å². The van der Waals surface area contributed by atoms with Crippen molar-refractivity contribution in [3.8, 4) is 0 Å². The van der Waals surface area contributed by atoms with Crippen molar-refractivity contribution in [2.75, 3.05) is 0 Å². The van der Waals surface area contributed by atoms with Crippen LogP contribution in [0.3, 0.4) is 0 Å². The summed E-state index contributed by atoms with van der Waals surface area (Å²) >= 11 is 0. The van der Waals surface area contributed by atoms with Gasteiger partial charge in [0, 0.05) is 10.2 Å². The molecule has 1 rings (SSSR count). The highest BCUT2D eigenvalue weighted by atomic mass is 28.1. The van der Waals surface area contributed by atoms with Crippen LogP contribution in [0.2, 0.25) is 5.54 Å². The lowest BCUT2D eigenvalue weighted by atomic mass is 9.83. The number of rotatable bonds is 0. The summed E-state index contributed by atoms with van der Waals surface area (Å²) in [7, 11) is 1.42. The Hall–Kier alpha value is 0.217. The predicted molar refractivity (Wildman–Crippen MR) is 45.9 cm³/mol. The average molecular weight is 142 g/mol. The minimum Gasteiger partial charge on any atom is -0.0625 e. The van der Waals surface area contributed by atoms with Crippen molar-refractivity contribution in [2.24, 2.45) is 11.8 Å². The molecular formula is C8H18Si. The van der Waals surface area contributed by atoms with Crippen LogP contribution in [0.1, 0.15) is 33.1 Å². The minimum atomic E-state index is 1.04. The molecule has 0 nitrogen and oxygen atoms in total. The summed E-state index contributed by atoms with van der Waals surface area (Å²) in [5.41, 5.74) is 1.11. The Morgan fingerprint density at radius 1 is 1.11 bits per heavy atom. The molecule has 0 spiro atoms. The second kappa shape index (κ2) is 2.87. The lowest BCUT2D eigenvalue weighted by Crippen LogP contribution is -2.19. The summed E-state index contributed by atoms with van der Waals surface area (Å²) in [5.74, 6) is 2.08. The largest absolute Gasteiger partial charge is 0.0625 e. The van der Waals surface area contributed by atoms with E-state index in [0.717, 1.165) is 17.4 Å². The van der Waals surface area contributed by atoms with Gasteiger partial charge in [0.25, 0.3) is 0 Å². The molecule has 2 atom stereocenters. The zero-order valence-corrected chi connectivity index (χ0v) is 8.85. The monoisotopic (exact) mass is 142 g/mol. The van der Waals surface area contributed by atoms with Crippen molar-refractivity contribution >= 4 is 10.2 Å². The molecule has 0 aliphatic heterocycles. The van der Waals surface area contributed by atoms with E-state index in [2.05, 4.69) is 13.8 Å². The summed E-state index contributed by atoms with van der Waals surface area (Å²) in [4.78, 5) is 0. The zero-order chi connectivity index (χ0) is 6.85. The first-order chi connectivity index (χ1) is 4.22. The van der Waals surface area contributed by atoms with Crippen LogP contribution in [0.4, 0.5) is 0 Å². The second-order valence-corrected chi connectivity index (χ2v) is 5.08. The Kier molecular flexibility index (Phi) is 2.33. The Labute approximate surface area is 61.5 Å². The quantitative estimate of drug-likeness (QED) is 0.451. The van der Waals surface area contributed by atoms with E-state index in [9.17, 15) is 0 Å². The van der Waals surface area contributed by atoms with Crippen LogP contribution in [0.25, 0.3) is 0 Å². The van der Waals surface area contributed by atoms with E-state index in [0.29, 0.717) is 0 Å². The molecule has 0 amide bonds. The van der Waals surface area contributed by atoms with Crippen molar-refractivity contribution in [3.63, 3.8) is 0 Å². The molecule has 1 aliphatic carbocycles. The third-order valence-electron chi connectivity index (χ3n) is 3.11. The summed E-state index contributed by atoms with van der Waals surface area (Å²) in [6.45, 7) is 4.85. The lowest BCUT2D eigenvalue weighted by Gasteiger charge is -2.31. The Bertz CT molecular complexity index is 80.6. The molecule has 0 bridgehead atoms. The van der Waals surface area contributed by atoms with Gasteiger partial charge in [-0.3, -0.25) is 0 Å². The fourth-order valence-electron chi connectivity index (χ4n) is 1.85. The molecule has 54 valence electrons. The molecule has 1 fully saturated rings. The first kappa shape index (κ1) is 7.33. The Morgan fingerprint density at radius 3 is 1.89 bits per heavy atom. The number of hydrogen-bond donors (Lipinski definition) is 0. The molecule has 0 aromatic rings. The molecular weight excluding hydrogens is 124 g/mol. The van der Waals surface area contributed by atoms with E-state index in [4.69, 9.17) is 0 Å². The van der Waals surface area contributed by atoms with Gasteiger partial charge in [-0.1, -0.05) is 33.1 Å². The molecule has 1 saturated carbocycles. The molecule has 1 heteroatoms. The Balaban J connectivity index is 2.41. The highest BCUT2D eigenvalue weighted by Crippen LogP contribution is 2.36. The maximum Gasteiger partial charge on any atom is 0.00740 e. The molecule has 0 saturated heterocycles. The fourth-order valence-corrected chi connectivity index (χ4v) is 2.52. The fraction of sp³-hybridized carbons (Fsp3) is 1.00. The predicted octanol–water partition coefficient (Wildman–Crippen LogP) is 1.60. The molecule has 0 unspecified atom stereocenters. The van der Waals surface area contributed by atoms with Gasteiger partial charge in [-0.25, -0.2) is 0 Å². The van der Waals surface area contributed by atoms with E-state index in [1.807, 2.05) is 0 Å². The Morgan fingerprint density at radius 2 is 1.56 bits per heavy atom. The van der Waals surface area contributed by atoms with E-state index in [1.54, 1.807) is 0 Å². The van der Waals surface area contributed by atoms with E-state index in [1.165, 1.54) is 29.5 Å². The standard InChI is InChI=1S/C8H18Si/c1-6-4-3-5-7(2)8(6)9/h6-8H,3-5H2,1-2,9H3/t6-,7-/m0/s1.